The predicted octanol–water partition coefficient (Wildman–Crippen LogP) is 6.58. The van der Waals surface area contributed by atoms with Crippen LogP contribution in [0.3, 0.4) is 0 Å². The van der Waals surface area contributed by atoms with Gasteiger partial charge in [-0.2, -0.15) is 0 Å². The monoisotopic (exact) mass is 781 g/mol. The van der Waals surface area contributed by atoms with Crippen LogP contribution in [-0.2, 0) is 17.5 Å². The Morgan fingerprint density at radius 1 is 0.925 bits per heavy atom. The number of anilines is 1. The van der Waals surface area contributed by atoms with Gasteiger partial charge >= 0.3 is 0 Å². The molecule has 0 spiro atoms. The Morgan fingerprint density at radius 2 is 1.62 bits per heavy atom. The molecule has 0 aliphatic heterocycles. The summed E-state index contributed by atoms with van der Waals surface area (Å²) in [4.78, 5) is 15.4. The maximum absolute atomic E-state index is 12.4. The van der Waals surface area contributed by atoms with E-state index in [1.54, 1.807) is 6.07 Å². The molecule has 40 heavy (non-hydrogen) atoms. The molecule has 8 heteroatoms. The fraction of sp³-hybridized carbons (Fsp3) is 0.344. The van der Waals surface area contributed by atoms with E-state index in [2.05, 4.69) is 62.4 Å². The Morgan fingerprint density at radius 3 is 2.30 bits per heavy atom. The number of H-pyrrole nitrogens is 1. The van der Waals surface area contributed by atoms with Crippen LogP contribution in [0.4, 0.5) is 5.69 Å². The smallest absolute Gasteiger partial charge is 0.248 e. The molecule has 4 aromatic rings. The van der Waals surface area contributed by atoms with Gasteiger partial charge in [-0.3, -0.25) is 4.79 Å². The van der Waals surface area contributed by atoms with E-state index in [4.69, 9.17) is 14.9 Å². The van der Waals surface area contributed by atoms with Crippen LogP contribution in [0.1, 0.15) is 43.6 Å². The summed E-state index contributed by atoms with van der Waals surface area (Å²) in [5.41, 5.74) is 10.5. The van der Waals surface area contributed by atoms with Crippen molar-refractivity contribution >= 4 is 24.9 Å². The number of hydrogen-bond acceptors (Lipinski definition) is 5. The number of nitrogens with one attached hydrogen (secondary N) is 2. The van der Waals surface area contributed by atoms with Crippen LogP contribution in [0.2, 0.25) is 18.1 Å². The van der Waals surface area contributed by atoms with Crippen LogP contribution in [0.15, 0.2) is 83.7 Å². The van der Waals surface area contributed by atoms with E-state index in [0.29, 0.717) is 24.4 Å². The Hall–Kier alpha value is -2.34. The molecule has 4 N–H and O–H groups in total. The summed E-state index contributed by atoms with van der Waals surface area (Å²) in [5.74, 6) is 0.651. The second-order valence-corrected chi connectivity index (χ2v) is 16.4. The molecule has 0 fully saturated rings. The topological polar surface area (TPSA) is 89.4 Å². The summed E-state index contributed by atoms with van der Waals surface area (Å²) in [5, 5.41) is 4.61. The maximum Gasteiger partial charge on any atom is 0.248 e. The van der Waals surface area contributed by atoms with Crippen LogP contribution in [-0.4, -0.2) is 26.4 Å². The summed E-state index contributed by atoms with van der Waals surface area (Å²) in [7, 11) is -2.11. The molecule has 0 bridgehead atoms. The summed E-state index contributed by atoms with van der Waals surface area (Å²) >= 11 is 0. The third-order valence-electron chi connectivity index (χ3n) is 7.62. The van der Waals surface area contributed by atoms with Crippen molar-refractivity contribution in [1.82, 2.24) is 10.3 Å². The van der Waals surface area contributed by atoms with Crippen molar-refractivity contribution in [2.75, 3.05) is 18.8 Å². The average molecular weight is 782 g/mol. The Balaban J connectivity index is 0.00000441. The maximum atomic E-state index is 12.4. The number of nitrogens with two attached hydrogens (primary N) is 1. The average Bonchev–Trinajstić information content (AvgIpc) is 2.90. The van der Waals surface area contributed by atoms with Crippen molar-refractivity contribution in [1.29, 1.82) is 0 Å². The standard InChI is InChI=1S/C32H41N3O3Si.U/c1-32(2,3)39(4,5)38-29(21-34-20-19-23-11-13-25(33)14-12-23)26-15-17-28(31-27(26)16-18-30(36)35-31)37-22-24-9-7-6-8-10-24;/h6-18,29,34H,19-22,33H2,1-5H3,(H,35,36);/t29-;/m0./s1. The Bertz CT molecular complexity index is 1430. The number of ether oxygens (including phenoxy) is 1. The zero-order chi connectivity index (χ0) is 28.0. The number of rotatable bonds is 11. The van der Waals surface area contributed by atoms with Gasteiger partial charge in [0.1, 0.15) is 12.4 Å². The predicted molar refractivity (Wildman–Crippen MR) is 164 cm³/mol. The van der Waals surface area contributed by atoms with Gasteiger partial charge in [-0.1, -0.05) is 69.3 Å². The number of hydrogen-bond donors (Lipinski definition) is 3. The summed E-state index contributed by atoms with van der Waals surface area (Å²) < 4.78 is 13.2. The second-order valence-electron chi connectivity index (χ2n) is 11.6. The molecular weight excluding hydrogens is 740 g/mol. The second kappa shape index (κ2) is 14.0. The first-order chi connectivity index (χ1) is 18.5. The molecule has 4 rings (SSSR count). The van der Waals surface area contributed by atoms with Gasteiger partial charge in [-0.15, -0.1) is 0 Å². The number of aromatic nitrogens is 1. The third kappa shape index (κ3) is 8.34. The van der Waals surface area contributed by atoms with Crippen molar-refractivity contribution in [3.05, 3.63) is 106 Å². The molecule has 1 aromatic heterocycles. The normalized spacial score (nSPS) is 12.6. The Labute approximate surface area is 262 Å². The van der Waals surface area contributed by atoms with Gasteiger partial charge in [0.2, 0.25) is 5.56 Å². The molecule has 6 nitrogen and oxygen atoms in total. The first-order valence-electron chi connectivity index (χ1n) is 13.6. The van der Waals surface area contributed by atoms with Gasteiger partial charge in [0.25, 0.3) is 0 Å². The van der Waals surface area contributed by atoms with Gasteiger partial charge in [-0.05, 0) is 72.1 Å². The van der Waals surface area contributed by atoms with E-state index in [1.165, 1.54) is 5.56 Å². The van der Waals surface area contributed by atoms with E-state index >= 15 is 0 Å². The quantitative estimate of drug-likeness (QED) is 0.0910. The molecule has 1 atom stereocenters. The van der Waals surface area contributed by atoms with Crippen LogP contribution in [0, 0.1) is 31.1 Å². The van der Waals surface area contributed by atoms with Gasteiger partial charge in [0, 0.05) is 54.8 Å². The number of benzene rings is 3. The third-order valence-corrected chi connectivity index (χ3v) is 12.1. The Kier molecular flexibility index (Phi) is 11.3. The SMILES string of the molecule is CC(C)(C)[Si](C)(C)O[C@@H](CNCCc1ccc(N)cc1)c1ccc(OCc2ccccc2)c2[nH]c(=O)ccc12.[U]. The van der Waals surface area contributed by atoms with Crippen molar-refractivity contribution < 1.29 is 40.3 Å². The minimum absolute atomic E-state index is 0. The minimum Gasteiger partial charge on any atom is -0.487 e. The molecular formula is C32H41N3O3SiU. The summed E-state index contributed by atoms with van der Waals surface area (Å²) in [6, 6.07) is 25.5. The summed E-state index contributed by atoms with van der Waals surface area (Å²) in [6.07, 6.45) is 0.710. The molecule has 0 amide bonds. The van der Waals surface area contributed by atoms with Crippen LogP contribution >= 0.6 is 0 Å². The molecule has 0 aliphatic rings. The molecule has 0 saturated carbocycles. The largest absolute Gasteiger partial charge is 0.487 e. The molecule has 0 aliphatic carbocycles. The minimum atomic E-state index is -2.11. The van der Waals surface area contributed by atoms with Crippen molar-refractivity contribution in [3.63, 3.8) is 0 Å². The van der Waals surface area contributed by atoms with E-state index in [-0.39, 0.29) is 47.8 Å². The van der Waals surface area contributed by atoms with E-state index < -0.39 is 8.32 Å². The number of nitrogen functional groups attached to an aromatic ring is 1. The van der Waals surface area contributed by atoms with Crippen LogP contribution in [0.5, 0.6) is 5.75 Å². The fourth-order valence-electron chi connectivity index (χ4n) is 4.28. The van der Waals surface area contributed by atoms with Crippen LogP contribution in [0.25, 0.3) is 10.9 Å². The zero-order valence-corrected chi connectivity index (χ0v) is 29.4. The number of fused-ring (bicyclic) bond motifs is 1. The van der Waals surface area contributed by atoms with E-state index in [9.17, 15) is 4.79 Å². The van der Waals surface area contributed by atoms with E-state index in [1.807, 2.05) is 54.6 Å². The molecule has 0 unspecified atom stereocenters. The first-order valence-corrected chi connectivity index (χ1v) is 16.5. The van der Waals surface area contributed by atoms with Gasteiger partial charge in [-0.25, -0.2) is 0 Å². The molecule has 3 aromatic carbocycles. The van der Waals surface area contributed by atoms with Crippen molar-refractivity contribution in [2.45, 2.75) is 58.0 Å². The number of pyridine rings is 1. The van der Waals surface area contributed by atoms with Crippen LogP contribution < -0.4 is 21.3 Å². The van der Waals surface area contributed by atoms with Gasteiger partial charge in [0.05, 0.1) is 11.6 Å². The summed E-state index contributed by atoms with van der Waals surface area (Å²) in [6.45, 7) is 13.2. The van der Waals surface area contributed by atoms with Crippen molar-refractivity contribution in [2.24, 2.45) is 0 Å². The fourth-order valence-corrected chi connectivity index (χ4v) is 5.56. The van der Waals surface area contributed by atoms with Crippen molar-refractivity contribution in [3.8, 4) is 5.75 Å². The molecule has 0 radical (unpaired) electrons. The first kappa shape index (κ1) is 32.2. The van der Waals surface area contributed by atoms with Gasteiger partial charge < -0.3 is 25.2 Å². The molecule has 0 saturated heterocycles. The van der Waals surface area contributed by atoms with Gasteiger partial charge in [0.15, 0.2) is 8.32 Å². The molecule has 1 heterocycles. The number of aromatic amines is 1. The zero-order valence-electron chi connectivity index (χ0n) is 24.2. The van der Waals surface area contributed by atoms with E-state index in [0.717, 1.165) is 35.2 Å². The molecule has 210 valence electrons.